The number of piperidine rings is 1. The minimum Gasteiger partial charge on any atom is -0.347 e. The highest BCUT2D eigenvalue weighted by Gasteiger charge is 2.30. The van der Waals surface area contributed by atoms with Crippen LogP contribution in [0.2, 0.25) is 0 Å². The van der Waals surface area contributed by atoms with Gasteiger partial charge in [0.25, 0.3) is 0 Å². The number of aromatic nitrogens is 4. The average Bonchev–Trinajstić information content (AvgIpc) is 3.20. The van der Waals surface area contributed by atoms with E-state index in [1.54, 1.807) is 6.20 Å². The van der Waals surface area contributed by atoms with Gasteiger partial charge in [0.05, 0.1) is 11.7 Å². The van der Waals surface area contributed by atoms with Gasteiger partial charge in [-0.05, 0) is 52.0 Å². The van der Waals surface area contributed by atoms with Gasteiger partial charge < -0.3 is 15.2 Å². The number of nitrogens with one attached hydrogen (secondary N) is 2. The second kappa shape index (κ2) is 7.29. The zero-order valence-corrected chi connectivity index (χ0v) is 15.5. The number of imidazole rings is 1. The summed E-state index contributed by atoms with van der Waals surface area (Å²) in [5.41, 5.74) is 3.41. The van der Waals surface area contributed by atoms with E-state index in [9.17, 15) is 4.79 Å². The SMILES string of the molecule is Cc1nn(C)c(C)c1C[C@@H](C)NC(=O)N1CCCC[C@H]1c1ncc[nH]1. The lowest BCUT2D eigenvalue weighted by Gasteiger charge is -2.35. The lowest BCUT2D eigenvalue weighted by molar-refractivity contribution is 0.145. The number of hydrogen-bond donors (Lipinski definition) is 2. The zero-order valence-electron chi connectivity index (χ0n) is 15.5. The van der Waals surface area contributed by atoms with Crippen LogP contribution in [0.3, 0.4) is 0 Å². The fourth-order valence-electron chi connectivity index (χ4n) is 3.68. The molecular weight excluding hydrogens is 316 g/mol. The van der Waals surface area contributed by atoms with Crippen LogP contribution in [0, 0.1) is 13.8 Å². The second-order valence-corrected chi connectivity index (χ2v) is 7.01. The second-order valence-electron chi connectivity index (χ2n) is 7.01. The Morgan fingerprint density at radius 2 is 2.24 bits per heavy atom. The highest BCUT2D eigenvalue weighted by molar-refractivity contribution is 5.75. The summed E-state index contributed by atoms with van der Waals surface area (Å²) in [7, 11) is 1.96. The quantitative estimate of drug-likeness (QED) is 0.895. The summed E-state index contributed by atoms with van der Waals surface area (Å²) >= 11 is 0. The third kappa shape index (κ3) is 3.70. The molecule has 1 fully saturated rings. The number of amides is 2. The summed E-state index contributed by atoms with van der Waals surface area (Å²) in [6.07, 6.45) is 7.47. The molecule has 2 amide bonds. The fraction of sp³-hybridized carbons (Fsp3) is 0.611. The molecule has 2 aromatic heterocycles. The number of carbonyl (C=O) groups is 1. The van der Waals surface area contributed by atoms with E-state index in [0.29, 0.717) is 0 Å². The van der Waals surface area contributed by atoms with Crippen LogP contribution in [-0.2, 0) is 13.5 Å². The molecule has 3 heterocycles. The first-order chi connectivity index (χ1) is 12.0. The molecular formula is C18H28N6O. The average molecular weight is 344 g/mol. The van der Waals surface area contributed by atoms with Gasteiger partial charge in [0.2, 0.25) is 0 Å². The molecule has 25 heavy (non-hydrogen) atoms. The Hall–Kier alpha value is -2.31. The van der Waals surface area contributed by atoms with Gasteiger partial charge in [0, 0.05) is 37.7 Å². The predicted octanol–water partition coefficient (Wildman–Crippen LogP) is 2.63. The van der Waals surface area contributed by atoms with Crippen molar-refractivity contribution in [2.45, 2.75) is 58.5 Å². The van der Waals surface area contributed by atoms with Gasteiger partial charge in [-0.15, -0.1) is 0 Å². The van der Waals surface area contributed by atoms with E-state index in [1.807, 2.05) is 29.7 Å². The summed E-state index contributed by atoms with van der Waals surface area (Å²) < 4.78 is 1.90. The van der Waals surface area contributed by atoms with E-state index < -0.39 is 0 Å². The van der Waals surface area contributed by atoms with Crippen LogP contribution in [0.1, 0.15) is 55.0 Å². The molecule has 2 N–H and O–H groups in total. The van der Waals surface area contributed by atoms with Gasteiger partial charge in [0.15, 0.2) is 0 Å². The van der Waals surface area contributed by atoms with Crippen LogP contribution in [0.25, 0.3) is 0 Å². The summed E-state index contributed by atoms with van der Waals surface area (Å²) in [5.74, 6) is 0.876. The molecule has 2 aromatic rings. The van der Waals surface area contributed by atoms with E-state index in [1.165, 1.54) is 5.56 Å². The Kier molecular flexibility index (Phi) is 5.11. The van der Waals surface area contributed by atoms with Crippen LogP contribution in [0.15, 0.2) is 12.4 Å². The van der Waals surface area contributed by atoms with Gasteiger partial charge in [0.1, 0.15) is 5.82 Å². The van der Waals surface area contributed by atoms with E-state index in [0.717, 1.165) is 49.4 Å². The molecule has 2 atom stereocenters. The minimum absolute atomic E-state index is 0.00667. The van der Waals surface area contributed by atoms with Crippen molar-refractivity contribution >= 4 is 6.03 Å². The van der Waals surface area contributed by atoms with Crippen molar-refractivity contribution in [1.29, 1.82) is 0 Å². The molecule has 0 radical (unpaired) electrons. The van der Waals surface area contributed by atoms with Crippen molar-refractivity contribution in [1.82, 2.24) is 30.0 Å². The number of carbonyl (C=O) groups excluding carboxylic acids is 1. The normalized spacial score (nSPS) is 19.0. The van der Waals surface area contributed by atoms with Gasteiger partial charge in [-0.1, -0.05) is 0 Å². The van der Waals surface area contributed by atoms with Crippen molar-refractivity contribution in [3.8, 4) is 0 Å². The van der Waals surface area contributed by atoms with Crippen molar-refractivity contribution in [3.05, 3.63) is 35.2 Å². The summed E-state index contributed by atoms with van der Waals surface area (Å²) in [6.45, 7) is 6.92. The maximum atomic E-state index is 12.8. The molecule has 1 aliphatic rings. The Bertz CT molecular complexity index is 720. The minimum atomic E-state index is -0.00667. The number of aromatic amines is 1. The van der Waals surface area contributed by atoms with E-state index in [-0.39, 0.29) is 18.1 Å². The van der Waals surface area contributed by atoms with Crippen LogP contribution in [-0.4, -0.2) is 43.3 Å². The molecule has 7 heteroatoms. The highest BCUT2D eigenvalue weighted by atomic mass is 16.2. The number of hydrogen-bond acceptors (Lipinski definition) is 3. The first-order valence-corrected chi connectivity index (χ1v) is 9.03. The molecule has 136 valence electrons. The van der Waals surface area contributed by atoms with Crippen LogP contribution >= 0.6 is 0 Å². The summed E-state index contributed by atoms with van der Waals surface area (Å²) in [6, 6.07) is 0.0823. The largest absolute Gasteiger partial charge is 0.347 e. The van der Waals surface area contributed by atoms with Crippen LogP contribution in [0.5, 0.6) is 0 Å². The third-order valence-corrected chi connectivity index (χ3v) is 5.14. The lowest BCUT2D eigenvalue weighted by Crippen LogP contribution is -2.48. The molecule has 0 saturated carbocycles. The summed E-state index contributed by atoms with van der Waals surface area (Å²) in [4.78, 5) is 22.3. The molecule has 3 rings (SSSR count). The van der Waals surface area contributed by atoms with E-state index in [2.05, 4.69) is 34.2 Å². The van der Waals surface area contributed by atoms with Gasteiger partial charge in [-0.2, -0.15) is 5.10 Å². The number of urea groups is 1. The Morgan fingerprint density at radius 3 is 2.88 bits per heavy atom. The molecule has 0 spiro atoms. The Labute approximate surface area is 148 Å². The third-order valence-electron chi connectivity index (χ3n) is 5.14. The Morgan fingerprint density at radius 1 is 1.44 bits per heavy atom. The van der Waals surface area contributed by atoms with Gasteiger partial charge in [-0.3, -0.25) is 4.68 Å². The molecule has 0 aliphatic carbocycles. The van der Waals surface area contributed by atoms with E-state index in [4.69, 9.17) is 0 Å². The standard InChI is InChI=1S/C18H28N6O/c1-12(11-15-13(2)22-23(4)14(15)3)21-18(25)24-10-6-5-7-16(24)17-19-8-9-20-17/h8-9,12,16H,5-7,10-11H2,1-4H3,(H,19,20)(H,21,25)/t12-,16+/m1/s1. The molecule has 0 bridgehead atoms. The lowest BCUT2D eigenvalue weighted by atomic mass is 10.0. The van der Waals surface area contributed by atoms with Crippen molar-refractivity contribution in [2.75, 3.05) is 6.54 Å². The fourth-order valence-corrected chi connectivity index (χ4v) is 3.68. The number of H-pyrrole nitrogens is 1. The molecule has 0 aromatic carbocycles. The smallest absolute Gasteiger partial charge is 0.318 e. The number of rotatable bonds is 4. The molecule has 1 saturated heterocycles. The summed E-state index contributed by atoms with van der Waals surface area (Å²) in [5, 5.41) is 7.62. The van der Waals surface area contributed by atoms with Gasteiger partial charge >= 0.3 is 6.03 Å². The molecule has 7 nitrogen and oxygen atoms in total. The number of aryl methyl sites for hydroxylation is 2. The van der Waals surface area contributed by atoms with Crippen molar-refractivity contribution < 1.29 is 4.79 Å². The maximum absolute atomic E-state index is 12.8. The number of likely N-dealkylation sites (tertiary alicyclic amines) is 1. The monoisotopic (exact) mass is 344 g/mol. The molecule has 1 aliphatic heterocycles. The van der Waals surface area contributed by atoms with E-state index >= 15 is 0 Å². The van der Waals surface area contributed by atoms with Crippen LogP contribution < -0.4 is 5.32 Å². The number of nitrogens with zero attached hydrogens (tertiary/aromatic N) is 4. The van der Waals surface area contributed by atoms with Gasteiger partial charge in [-0.25, -0.2) is 9.78 Å². The van der Waals surface area contributed by atoms with Crippen molar-refractivity contribution in [2.24, 2.45) is 7.05 Å². The first kappa shape index (κ1) is 17.5. The van der Waals surface area contributed by atoms with Crippen molar-refractivity contribution in [3.63, 3.8) is 0 Å². The topological polar surface area (TPSA) is 78.8 Å². The maximum Gasteiger partial charge on any atom is 0.318 e. The van der Waals surface area contributed by atoms with Crippen LogP contribution in [0.4, 0.5) is 4.79 Å². The Balaban J connectivity index is 1.66. The molecule has 0 unspecified atom stereocenters. The predicted molar refractivity (Wildman–Crippen MR) is 96.3 cm³/mol. The first-order valence-electron chi connectivity index (χ1n) is 9.03. The highest BCUT2D eigenvalue weighted by Crippen LogP contribution is 2.28. The zero-order chi connectivity index (χ0) is 18.0.